The number of hydrogen-bond acceptors (Lipinski definition) is 7. The molecule has 1 N–H and O–H groups in total. The van der Waals surface area contributed by atoms with E-state index in [0.717, 1.165) is 6.08 Å². The van der Waals surface area contributed by atoms with E-state index in [9.17, 15) is 19.2 Å². The maximum atomic E-state index is 10.7. The van der Waals surface area contributed by atoms with E-state index in [1.54, 1.807) is 20.8 Å². The number of ether oxygens (including phenoxy) is 3. The van der Waals surface area contributed by atoms with Crippen LogP contribution in [0.5, 0.6) is 0 Å². The highest BCUT2D eigenvalue weighted by Gasteiger charge is 2.02. The minimum absolute atomic E-state index is 0.0747. The summed E-state index contributed by atoms with van der Waals surface area (Å²) >= 11 is 0. The van der Waals surface area contributed by atoms with Crippen molar-refractivity contribution >= 4 is 23.9 Å². The van der Waals surface area contributed by atoms with Crippen molar-refractivity contribution in [1.29, 1.82) is 0 Å². The molecule has 0 aromatic carbocycles. The van der Waals surface area contributed by atoms with E-state index in [4.69, 9.17) is 5.11 Å². The SMILES string of the molecule is C=C(C)C(=O)OCC.C=C(C)C(=O)OCCOC(C)=O.C=CC(=O)O. The molecule has 0 aliphatic heterocycles. The highest BCUT2D eigenvalue weighted by Crippen LogP contribution is 1.91. The first kappa shape index (κ1) is 27.0. The van der Waals surface area contributed by atoms with Crippen LogP contribution in [-0.2, 0) is 33.4 Å². The number of carbonyl (C=O) groups excluding carboxylic acids is 3. The van der Waals surface area contributed by atoms with Crippen molar-refractivity contribution in [3.63, 3.8) is 0 Å². The van der Waals surface area contributed by atoms with Crippen LogP contribution in [0.4, 0.5) is 0 Å². The normalized spacial score (nSPS) is 8.16. The van der Waals surface area contributed by atoms with Gasteiger partial charge in [0.15, 0.2) is 0 Å². The van der Waals surface area contributed by atoms with Crippen molar-refractivity contribution in [2.24, 2.45) is 0 Å². The van der Waals surface area contributed by atoms with Crippen molar-refractivity contribution in [3.8, 4) is 0 Å². The Labute approximate surface area is 147 Å². The van der Waals surface area contributed by atoms with E-state index in [2.05, 4.69) is 33.9 Å². The number of carbonyl (C=O) groups is 4. The standard InChI is InChI=1S/C8H12O4.C6H10O2.C3H4O2/c1-6(2)8(10)12-5-4-11-7(3)9;1-4-8-6(7)5(2)3;1-2-3(4)5/h1,4-5H2,2-3H3;2,4H2,1,3H3;2H,1H2,(H,4,5). The third-order valence-corrected chi connectivity index (χ3v) is 1.77. The predicted octanol–water partition coefficient (Wildman–Crippen LogP) is 2.05. The summed E-state index contributed by atoms with van der Waals surface area (Å²) in [6, 6.07) is 0. The molecular formula is C17H26O8. The number of rotatable bonds is 7. The van der Waals surface area contributed by atoms with Crippen LogP contribution in [0.1, 0.15) is 27.7 Å². The minimum Gasteiger partial charge on any atom is -0.478 e. The van der Waals surface area contributed by atoms with Crippen LogP contribution in [0.2, 0.25) is 0 Å². The molecule has 0 spiro atoms. The van der Waals surface area contributed by atoms with Gasteiger partial charge in [0.25, 0.3) is 0 Å². The Morgan fingerprint density at radius 2 is 1.24 bits per heavy atom. The maximum Gasteiger partial charge on any atom is 0.333 e. The fourth-order valence-electron chi connectivity index (χ4n) is 0.697. The van der Waals surface area contributed by atoms with E-state index in [-0.39, 0.29) is 25.2 Å². The summed E-state index contributed by atoms with van der Waals surface area (Å²) in [5.74, 6) is -2.15. The molecule has 0 aliphatic carbocycles. The smallest absolute Gasteiger partial charge is 0.333 e. The molecule has 0 aliphatic rings. The molecule has 0 rings (SSSR count). The maximum absolute atomic E-state index is 10.7. The Hall–Kier alpha value is -2.90. The van der Waals surface area contributed by atoms with E-state index in [1.165, 1.54) is 6.92 Å². The first-order chi connectivity index (χ1) is 11.5. The summed E-state index contributed by atoms with van der Waals surface area (Å²) in [4.78, 5) is 40.6. The monoisotopic (exact) mass is 358 g/mol. The third-order valence-electron chi connectivity index (χ3n) is 1.77. The van der Waals surface area contributed by atoms with Gasteiger partial charge < -0.3 is 19.3 Å². The zero-order chi connectivity index (χ0) is 20.4. The van der Waals surface area contributed by atoms with Crippen molar-refractivity contribution in [2.75, 3.05) is 19.8 Å². The summed E-state index contributed by atoms with van der Waals surface area (Å²) in [6.45, 7) is 16.6. The number of hydrogen-bond donors (Lipinski definition) is 1. The molecule has 0 bridgehead atoms. The molecule has 0 aromatic heterocycles. The predicted molar refractivity (Wildman–Crippen MR) is 91.7 cm³/mol. The van der Waals surface area contributed by atoms with Gasteiger partial charge in [-0.25, -0.2) is 14.4 Å². The molecule has 8 heteroatoms. The first-order valence-corrected chi connectivity index (χ1v) is 7.13. The number of aliphatic carboxylic acids is 1. The Morgan fingerprint density at radius 1 is 0.880 bits per heavy atom. The molecule has 0 fully saturated rings. The van der Waals surface area contributed by atoms with Gasteiger partial charge in [-0.2, -0.15) is 0 Å². The van der Waals surface area contributed by atoms with Gasteiger partial charge in [0.2, 0.25) is 0 Å². The fourth-order valence-corrected chi connectivity index (χ4v) is 0.697. The number of carboxylic acids is 1. The van der Waals surface area contributed by atoms with Crippen LogP contribution in [-0.4, -0.2) is 48.8 Å². The lowest BCUT2D eigenvalue weighted by molar-refractivity contribution is -0.148. The van der Waals surface area contributed by atoms with Gasteiger partial charge in [-0.1, -0.05) is 19.7 Å². The minimum atomic E-state index is -0.981. The second-order valence-corrected chi connectivity index (χ2v) is 4.30. The Morgan fingerprint density at radius 3 is 1.48 bits per heavy atom. The second kappa shape index (κ2) is 17.5. The van der Waals surface area contributed by atoms with Crippen LogP contribution < -0.4 is 0 Å². The van der Waals surface area contributed by atoms with E-state index in [1.807, 2.05) is 0 Å². The van der Waals surface area contributed by atoms with Gasteiger partial charge >= 0.3 is 23.9 Å². The van der Waals surface area contributed by atoms with Crippen LogP contribution in [0.15, 0.2) is 37.0 Å². The van der Waals surface area contributed by atoms with Gasteiger partial charge in [0.05, 0.1) is 6.61 Å². The largest absolute Gasteiger partial charge is 0.478 e. The summed E-state index contributed by atoms with van der Waals surface area (Å²) in [7, 11) is 0. The highest BCUT2D eigenvalue weighted by molar-refractivity contribution is 5.87. The lowest BCUT2D eigenvalue weighted by atomic mass is 10.4. The van der Waals surface area contributed by atoms with Crippen LogP contribution in [0.25, 0.3) is 0 Å². The lowest BCUT2D eigenvalue weighted by Gasteiger charge is -2.03. The van der Waals surface area contributed by atoms with Crippen molar-refractivity contribution < 1.29 is 38.5 Å². The molecule has 142 valence electrons. The number of esters is 3. The van der Waals surface area contributed by atoms with E-state index >= 15 is 0 Å². The van der Waals surface area contributed by atoms with Gasteiger partial charge in [0, 0.05) is 24.1 Å². The van der Waals surface area contributed by atoms with Crippen LogP contribution in [0.3, 0.4) is 0 Å². The summed E-state index contributed by atoms with van der Waals surface area (Å²) < 4.78 is 13.7. The highest BCUT2D eigenvalue weighted by atomic mass is 16.6. The summed E-state index contributed by atoms with van der Waals surface area (Å²) in [5.41, 5.74) is 0.782. The quantitative estimate of drug-likeness (QED) is 0.318. The second-order valence-electron chi connectivity index (χ2n) is 4.30. The third kappa shape index (κ3) is 26.3. The summed E-state index contributed by atoms with van der Waals surface area (Å²) in [6.07, 6.45) is 0.833. The zero-order valence-corrected chi connectivity index (χ0v) is 15.1. The zero-order valence-electron chi connectivity index (χ0n) is 15.1. The fraction of sp³-hybridized carbons (Fsp3) is 0.412. The topological polar surface area (TPSA) is 116 Å². The molecule has 0 saturated heterocycles. The van der Waals surface area contributed by atoms with Crippen molar-refractivity contribution in [2.45, 2.75) is 27.7 Å². The molecule has 0 saturated carbocycles. The molecule has 25 heavy (non-hydrogen) atoms. The molecule has 0 aromatic rings. The van der Waals surface area contributed by atoms with Gasteiger partial charge in [-0.3, -0.25) is 4.79 Å². The molecule has 0 amide bonds. The molecule has 0 heterocycles. The van der Waals surface area contributed by atoms with Crippen LogP contribution in [0, 0.1) is 0 Å². The lowest BCUT2D eigenvalue weighted by Crippen LogP contribution is -2.12. The average Bonchev–Trinajstić information content (AvgIpc) is 2.52. The van der Waals surface area contributed by atoms with E-state index in [0.29, 0.717) is 17.8 Å². The van der Waals surface area contributed by atoms with E-state index < -0.39 is 11.9 Å². The first-order valence-electron chi connectivity index (χ1n) is 7.13. The molecule has 0 unspecified atom stereocenters. The number of carboxylic acid groups (broad SMARTS) is 1. The van der Waals surface area contributed by atoms with Gasteiger partial charge in [0.1, 0.15) is 13.2 Å². The molecular weight excluding hydrogens is 332 g/mol. The summed E-state index contributed by atoms with van der Waals surface area (Å²) in [5, 5.41) is 7.60. The molecule has 0 atom stereocenters. The van der Waals surface area contributed by atoms with Crippen molar-refractivity contribution in [3.05, 3.63) is 37.0 Å². The van der Waals surface area contributed by atoms with Gasteiger partial charge in [-0.05, 0) is 20.8 Å². The average molecular weight is 358 g/mol. The van der Waals surface area contributed by atoms with Crippen LogP contribution >= 0.6 is 0 Å². The Kier molecular flexibility index (Phi) is 18.8. The van der Waals surface area contributed by atoms with Crippen molar-refractivity contribution in [1.82, 2.24) is 0 Å². The van der Waals surface area contributed by atoms with Gasteiger partial charge in [-0.15, -0.1) is 0 Å². The molecule has 0 radical (unpaired) electrons. The Bertz CT molecular complexity index is 491. The molecule has 8 nitrogen and oxygen atoms in total. The Balaban J connectivity index is -0.000000321.